The molecule has 134 valence electrons. The number of rotatable bonds is 4. The number of para-hydroxylation sites is 2. The first-order valence-corrected chi connectivity index (χ1v) is 8.80. The van der Waals surface area contributed by atoms with Gasteiger partial charge < -0.3 is 14.6 Å². The van der Waals surface area contributed by atoms with Crippen molar-refractivity contribution in [2.45, 2.75) is 19.4 Å². The summed E-state index contributed by atoms with van der Waals surface area (Å²) in [5.74, 6) is -0.487. The predicted octanol–water partition coefficient (Wildman–Crippen LogP) is 3.52. The van der Waals surface area contributed by atoms with Crippen LogP contribution in [-0.2, 0) is 11.3 Å². The summed E-state index contributed by atoms with van der Waals surface area (Å²) in [7, 11) is 0. The second-order valence-corrected chi connectivity index (χ2v) is 6.68. The second kappa shape index (κ2) is 6.78. The maximum Gasteiger partial charge on any atom is 0.306 e. The lowest BCUT2D eigenvalue weighted by molar-refractivity contribution is -0.142. The summed E-state index contributed by atoms with van der Waals surface area (Å²) in [6, 6.07) is 14.6. The van der Waals surface area contributed by atoms with Gasteiger partial charge in [0.05, 0.1) is 23.5 Å². The Morgan fingerprint density at radius 2 is 1.81 bits per heavy atom. The van der Waals surface area contributed by atoms with Gasteiger partial charge >= 0.3 is 5.97 Å². The molecule has 0 unspecified atom stereocenters. The number of benzene rings is 2. The number of piperidine rings is 1. The molecular formula is C20H20FN3O2. The molecule has 0 amide bonds. The zero-order valence-corrected chi connectivity index (χ0v) is 14.3. The van der Waals surface area contributed by atoms with Crippen LogP contribution in [0.25, 0.3) is 11.0 Å². The van der Waals surface area contributed by atoms with Crippen LogP contribution in [0.5, 0.6) is 0 Å². The standard InChI is InChI=1S/C20H20FN3O2/c21-16-6-2-1-5-15(16)13-24-18-8-4-3-7-17(18)22-20(24)23-11-9-14(10-12-23)19(25)26/h1-8,14H,9-13H2,(H,25,26). The Labute approximate surface area is 150 Å². The van der Waals surface area contributed by atoms with Gasteiger partial charge in [0, 0.05) is 18.7 Å². The van der Waals surface area contributed by atoms with Gasteiger partial charge in [-0.15, -0.1) is 0 Å². The maximum atomic E-state index is 14.2. The number of carboxylic acids is 1. The minimum Gasteiger partial charge on any atom is -0.481 e. The van der Waals surface area contributed by atoms with E-state index in [1.807, 2.05) is 34.9 Å². The molecule has 2 aromatic carbocycles. The molecule has 6 heteroatoms. The quantitative estimate of drug-likeness (QED) is 0.780. The van der Waals surface area contributed by atoms with Crippen molar-refractivity contribution < 1.29 is 14.3 Å². The van der Waals surface area contributed by atoms with Crippen molar-refractivity contribution in [1.82, 2.24) is 9.55 Å². The van der Waals surface area contributed by atoms with Crippen molar-refractivity contribution in [3.63, 3.8) is 0 Å². The van der Waals surface area contributed by atoms with Crippen LogP contribution in [0.2, 0.25) is 0 Å². The van der Waals surface area contributed by atoms with Gasteiger partial charge in [-0.05, 0) is 31.0 Å². The summed E-state index contributed by atoms with van der Waals surface area (Å²) in [5.41, 5.74) is 2.42. The minimum atomic E-state index is -0.732. The highest BCUT2D eigenvalue weighted by atomic mass is 19.1. The van der Waals surface area contributed by atoms with Crippen molar-refractivity contribution >= 4 is 23.0 Å². The Morgan fingerprint density at radius 1 is 1.12 bits per heavy atom. The summed E-state index contributed by atoms with van der Waals surface area (Å²) in [5, 5.41) is 9.21. The molecule has 3 aromatic rings. The molecule has 0 bridgehead atoms. The van der Waals surface area contributed by atoms with Crippen LogP contribution in [0.4, 0.5) is 10.3 Å². The number of imidazole rings is 1. The molecule has 1 saturated heterocycles. The molecule has 0 aliphatic carbocycles. The number of fused-ring (bicyclic) bond motifs is 1. The number of hydrogen-bond acceptors (Lipinski definition) is 3. The molecule has 0 saturated carbocycles. The molecule has 1 N–H and O–H groups in total. The van der Waals surface area contributed by atoms with E-state index in [2.05, 4.69) is 4.90 Å². The van der Waals surface area contributed by atoms with Gasteiger partial charge in [0.2, 0.25) is 5.95 Å². The van der Waals surface area contributed by atoms with E-state index in [1.54, 1.807) is 12.1 Å². The number of hydrogen-bond donors (Lipinski definition) is 1. The number of carboxylic acid groups (broad SMARTS) is 1. The van der Waals surface area contributed by atoms with Crippen molar-refractivity contribution in [3.8, 4) is 0 Å². The van der Waals surface area contributed by atoms with E-state index in [4.69, 9.17) is 4.98 Å². The Kier molecular flexibility index (Phi) is 4.32. The fourth-order valence-corrected chi connectivity index (χ4v) is 3.58. The van der Waals surface area contributed by atoms with Gasteiger partial charge in [0.25, 0.3) is 0 Å². The summed E-state index contributed by atoms with van der Waals surface area (Å²) in [6.45, 7) is 1.66. The summed E-state index contributed by atoms with van der Waals surface area (Å²) in [4.78, 5) is 18.1. The van der Waals surface area contributed by atoms with Crippen LogP contribution in [0.15, 0.2) is 48.5 Å². The highest BCUT2D eigenvalue weighted by Gasteiger charge is 2.27. The van der Waals surface area contributed by atoms with Gasteiger partial charge in [-0.3, -0.25) is 4.79 Å². The van der Waals surface area contributed by atoms with Gasteiger partial charge in [-0.2, -0.15) is 0 Å². The third kappa shape index (κ3) is 3.03. The monoisotopic (exact) mass is 353 g/mol. The van der Waals surface area contributed by atoms with Crippen LogP contribution < -0.4 is 4.90 Å². The van der Waals surface area contributed by atoms with Crippen molar-refractivity contribution in [2.24, 2.45) is 5.92 Å². The van der Waals surface area contributed by atoms with E-state index >= 15 is 0 Å². The van der Waals surface area contributed by atoms with E-state index in [1.165, 1.54) is 6.07 Å². The largest absolute Gasteiger partial charge is 0.481 e. The Bertz CT molecular complexity index is 945. The fraction of sp³-hybridized carbons (Fsp3) is 0.300. The lowest BCUT2D eigenvalue weighted by atomic mass is 9.97. The van der Waals surface area contributed by atoms with Crippen LogP contribution in [0.1, 0.15) is 18.4 Å². The summed E-state index contributed by atoms with van der Waals surface area (Å²) in [6.07, 6.45) is 1.19. The lowest BCUT2D eigenvalue weighted by Crippen LogP contribution is -2.37. The van der Waals surface area contributed by atoms with Gasteiger partial charge in [0.15, 0.2) is 0 Å². The van der Waals surface area contributed by atoms with Crippen LogP contribution in [-0.4, -0.2) is 33.7 Å². The topological polar surface area (TPSA) is 58.4 Å². The molecule has 1 aliphatic heterocycles. The first-order chi connectivity index (χ1) is 12.6. The second-order valence-electron chi connectivity index (χ2n) is 6.68. The van der Waals surface area contributed by atoms with E-state index < -0.39 is 5.97 Å². The highest BCUT2D eigenvalue weighted by molar-refractivity contribution is 5.79. The molecule has 1 fully saturated rings. The van der Waals surface area contributed by atoms with Gasteiger partial charge in [-0.25, -0.2) is 9.37 Å². The first-order valence-electron chi connectivity index (χ1n) is 8.80. The molecule has 0 radical (unpaired) electrons. The smallest absolute Gasteiger partial charge is 0.306 e. The van der Waals surface area contributed by atoms with E-state index in [9.17, 15) is 14.3 Å². The maximum absolute atomic E-state index is 14.2. The third-order valence-corrected chi connectivity index (χ3v) is 5.05. The normalized spacial score (nSPS) is 15.5. The summed E-state index contributed by atoms with van der Waals surface area (Å²) >= 11 is 0. The van der Waals surface area contributed by atoms with Crippen molar-refractivity contribution in [3.05, 3.63) is 59.9 Å². The SMILES string of the molecule is O=C(O)C1CCN(c2nc3ccccc3n2Cc2ccccc2F)CC1. The van der Waals surface area contributed by atoms with Crippen LogP contribution in [0, 0.1) is 11.7 Å². The predicted molar refractivity (Wildman–Crippen MR) is 97.8 cm³/mol. The third-order valence-electron chi connectivity index (χ3n) is 5.05. The van der Waals surface area contributed by atoms with E-state index in [0.29, 0.717) is 38.0 Å². The molecule has 0 spiro atoms. The van der Waals surface area contributed by atoms with Gasteiger partial charge in [-0.1, -0.05) is 30.3 Å². The molecule has 5 nitrogen and oxygen atoms in total. The molecule has 2 heterocycles. The Balaban J connectivity index is 1.71. The van der Waals surface area contributed by atoms with E-state index in [0.717, 1.165) is 17.0 Å². The molecule has 0 atom stereocenters. The highest BCUT2D eigenvalue weighted by Crippen LogP contribution is 2.28. The average Bonchev–Trinajstić information content (AvgIpc) is 3.02. The molecular weight excluding hydrogens is 333 g/mol. The average molecular weight is 353 g/mol. The number of carbonyl (C=O) groups is 1. The van der Waals surface area contributed by atoms with Crippen LogP contribution >= 0.6 is 0 Å². The van der Waals surface area contributed by atoms with Gasteiger partial charge in [0.1, 0.15) is 5.82 Å². The molecule has 4 rings (SSSR count). The Morgan fingerprint density at radius 3 is 2.54 bits per heavy atom. The molecule has 1 aliphatic rings. The molecule has 26 heavy (non-hydrogen) atoms. The fourth-order valence-electron chi connectivity index (χ4n) is 3.58. The van der Waals surface area contributed by atoms with Crippen molar-refractivity contribution in [2.75, 3.05) is 18.0 Å². The first kappa shape index (κ1) is 16.6. The number of halogens is 1. The number of anilines is 1. The van der Waals surface area contributed by atoms with E-state index in [-0.39, 0.29) is 11.7 Å². The minimum absolute atomic E-state index is 0.235. The lowest BCUT2D eigenvalue weighted by Gasteiger charge is -2.31. The van der Waals surface area contributed by atoms with Crippen LogP contribution in [0.3, 0.4) is 0 Å². The van der Waals surface area contributed by atoms with Crippen molar-refractivity contribution in [1.29, 1.82) is 0 Å². The Hall–Kier alpha value is -2.89. The molecule has 1 aromatic heterocycles. The zero-order chi connectivity index (χ0) is 18.1. The number of aromatic nitrogens is 2. The zero-order valence-electron chi connectivity index (χ0n) is 14.3. The number of aliphatic carboxylic acids is 1. The number of nitrogens with zero attached hydrogens (tertiary/aromatic N) is 3. The summed E-state index contributed by atoms with van der Waals surface area (Å²) < 4.78 is 16.2.